The molecule has 1 heterocycles. The molecule has 25 heavy (non-hydrogen) atoms. The molecular weight excluding hydrogens is 329 g/mol. The van der Waals surface area contributed by atoms with Gasteiger partial charge in [0, 0.05) is 12.5 Å². The quantitative estimate of drug-likeness (QED) is 0.512. The molecule has 1 aliphatic heterocycles. The first kappa shape index (κ1) is 16.6. The summed E-state index contributed by atoms with van der Waals surface area (Å²) in [5, 5.41) is 13.6. The number of nitro groups is 1. The van der Waals surface area contributed by atoms with Crippen LogP contribution >= 0.6 is 0 Å². The summed E-state index contributed by atoms with van der Waals surface area (Å²) >= 11 is 0. The molecule has 0 spiro atoms. The van der Waals surface area contributed by atoms with Crippen LogP contribution < -0.4 is 5.32 Å². The van der Waals surface area contributed by atoms with Gasteiger partial charge in [0.2, 0.25) is 0 Å². The monoisotopic (exact) mass is 343 g/mol. The van der Waals surface area contributed by atoms with E-state index in [0.29, 0.717) is 6.42 Å². The summed E-state index contributed by atoms with van der Waals surface area (Å²) in [4.78, 5) is 35.7. The van der Waals surface area contributed by atoms with E-state index in [0.717, 1.165) is 22.6 Å². The Balaban J connectivity index is 1.81. The van der Waals surface area contributed by atoms with E-state index < -0.39 is 41.0 Å². The minimum absolute atomic E-state index is 0.293. The van der Waals surface area contributed by atoms with Crippen molar-refractivity contribution in [1.29, 1.82) is 0 Å². The molecule has 128 valence electrons. The van der Waals surface area contributed by atoms with Crippen LogP contribution in [0.5, 0.6) is 0 Å². The summed E-state index contributed by atoms with van der Waals surface area (Å²) in [5.74, 6) is -1.37. The van der Waals surface area contributed by atoms with E-state index in [-0.39, 0.29) is 5.56 Å². The van der Waals surface area contributed by atoms with Gasteiger partial charge >= 0.3 is 6.03 Å². The molecule has 1 N–H and O–H groups in total. The molecule has 1 fully saturated rings. The molecule has 0 unspecified atom stereocenters. The van der Waals surface area contributed by atoms with Gasteiger partial charge in [-0.2, -0.15) is 0 Å². The maximum absolute atomic E-state index is 14.0. The molecule has 2 aromatic carbocycles. The number of hydrogen-bond donors (Lipinski definition) is 1. The van der Waals surface area contributed by atoms with Crippen LogP contribution in [0.3, 0.4) is 0 Å². The van der Waals surface area contributed by atoms with Gasteiger partial charge in [0.1, 0.15) is 11.9 Å². The molecule has 0 saturated carbocycles. The molecule has 8 heteroatoms. The highest BCUT2D eigenvalue weighted by molar-refractivity contribution is 6.04. The van der Waals surface area contributed by atoms with Crippen LogP contribution in [0, 0.1) is 15.9 Å². The average Bonchev–Trinajstić information content (AvgIpc) is 2.84. The SMILES string of the molecule is O=C1N[C@H](Cc2ccccc2)C(=O)N1Cc1c(F)cccc1[N+](=O)[O-]. The van der Waals surface area contributed by atoms with Crippen molar-refractivity contribution in [2.24, 2.45) is 0 Å². The van der Waals surface area contributed by atoms with E-state index in [1.54, 1.807) is 0 Å². The number of rotatable bonds is 5. The highest BCUT2D eigenvalue weighted by Crippen LogP contribution is 2.25. The molecule has 0 radical (unpaired) electrons. The minimum atomic E-state index is -0.832. The lowest BCUT2D eigenvalue weighted by Gasteiger charge is -2.14. The molecule has 2 aromatic rings. The van der Waals surface area contributed by atoms with Crippen LogP contribution in [0.15, 0.2) is 48.5 Å². The number of imide groups is 1. The van der Waals surface area contributed by atoms with E-state index in [1.165, 1.54) is 6.07 Å². The van der Waals surface area contributed by atoms with Gasteiger partial charge in [-0.05, 0) is 11.6 Å². The van der Waals surface area contributed by atoms with Gasteiger partial charge in [0.25, 0.3) is 11.6 Å². The number of amides is 3. The number of hydrogen-bond acceptors (Lipinski definition) is 4. The summed E-state index contributed by atoms with van der Waals surface area (Å²) < 4.78 is 14.0. The summed E-state index contributed by atoms with van der Waals surface area (Å²) in [5.41, 5.74) is 0.100. The van der Waals surface area contributed by atoms with Crippen LogP contribution in [-0.4, -0.2) is 27.8 Å². The molecule has 3 amide bonds. The molecule has 1 saturated heterocycles. The van der Waals surface area contributed by atoms with E-state index in [4.69, 9.17) is 0 Å². The average molecular weight is 343 g/mol. The number of urea groups is 1. The first-order valence-electron chi connectivity index (χ1n) is 7.55. The van der Waals surface area contributed by atoms with E-state index >= 15 is 0 Å². The molecule has 1 atom stereocenters. The Morgan fingerprint density at radius 3 is 2.52 bits per heavy atom. The summed E-state index contributed by atoms with van der Waals surface area (Å²) in [7, 11) is 0. The Morgan fingerprint density at radius 2 is 1.84 bits per heavy atom. The first-order chi connectivity index (χ1) is 12.0. The van der Waals surface area contributed by atoms with E-state index in [9.17, 15) is 24.1 Å². The lowest BCUT2D eigenvalue weighted by atomic mass is 10.1. The normalized spacial score (nSPS) is 16.8. The molecule has 0 aromatic heterocycles. The summed E-state index contributed by atoms with van der Waals surface area (Å²) in [6, 6.07) is 11.1. The lowest BCUT2D eigenvalue weighted by molar-refractivity contribution is -0.385. The standard InChI is InChI=1S/C17H14FN3O4/c18-13-7-4-8-15(21(24)25)12(13)10-20-16(22)14(19-17(20)23)9-11-5-2-1-3-6-11/h1-8,14H,9-10H2,(H,19,23)/t14-/m1/s1. The van der Waals surface area contributed by atoms with Crippen molar-refractivity contribution in [2.75, 3.05) is 0 Å². The smallest absolute Gasteiger partial charge is 0.325 e. The van der Waals surface area contributed by atoms with Gasteiger partial charge in [-0.15, -0.1) is 0 Å². The number of nitro benzene ring substituents is 1. The fourth-order valence-electron chi connectivity index (χ4n) is 2.75. The Bertz CT molecular complexity index is 841. The highest BCUT2D eigenvalue weighted by Gasteiger charge is 2.39. The number of halogens is 1. The van der Waals surface area contributed by atoms with Crippen molar-refractivity contribution in [1.82, 2.24) is 10.2 Å². The fraction of sp³-hybridized carbons (Fsp3) is 0.176. The van der Waals surface area contributed by atoms with Crippen molar-refractivity contribution < 1.29 is 18.9 Å². The third kappa shape index (κ3) is 3.32. The van der Waals surface area contributed by atoms with Crippen LogP contribution in [0.25, 0.3) is 0 Å². The Morgan fingerprint density at radius 1 is 1.12 bits per heavy atom. The van der Waals surface area contributed by atoms with Crippen molar-refractivity contribution in [3.63, 3.8) is 0 Å². The number of nitrogens with zero attached hydrogens (tertiary/aromatic N) is 2. The number of nitrogens with one attached hydrogen (secondary N) is 1. The minimum Gasteiger partial charge on any atom is -0.325 e. The Kier molecular flexibility index (Phi) is 4.42. The van der Waals surface area contributed by atoms with Crippen LogP contribution in [0.4, 0.5) is 14.9 Å². The lowest BCUT2D eigenvalue weighted by Crippen LogP contribution is -2.32. The van der Waals surface area contributed by atoms with Gasteiger partial charge < -0.3 is 5.32 Å². The zero-order valence-electron chi connectivity index (χ0n) is 13.0. The largest absolute Gasteiger partial charge is 0.325 e. The Labute approximate surface area is 142 Å². The van der Waals surface area contributed by atoms with E-state index in [2.05, 4.69) is 5.32 Å². The molecular formula is C17H14FN3O4. The van der Waals surface area contributed by atoms with Crippen molar-refractivity contribution in [3.05, 3.63) is 75.6 Å². The third-order valence-corrected chi connectivity index (χ3v) is 4.00. The predicted octanol–water partition coefficient (Wildman–Crippen LogP) is 2.40. The number of benzene rings is 2. The number of carbonyl (C=O) groups is 2. The highest BCUT2D eigenvalue weighted by atomic mass is 19.1. The first-order valence-corrected chi connectivity index (χ1v) is 7.55. The van der Waals surface area contributed by atoms with Crippen LogP contribution in [0.2, 0.25) is 0 Å². The summed E-state index contributed by atoms with van der Waals surface area (Å²) in [6.45, 7) is -0.487. The van der Waals surface area contributed by atoms with Crippen LogP contribution in [-0.2, 0) is 17.8 Å². The maximum atomic E-state index is 14.0. The third-order valence-electron chi connectivity index (χ3n) is 4.00. The fourth-order valence-corrected chi connectivity index (χ4v) is 2.75. The van der Waals surface area contributed by atoms with Gasteiger partial charge in [-0.1, -0.05) is 36.4 Å². The molecule has 0 bridgehead atoms. The molecule has 3 rings (SSSR count). The van der Waals surface area contributed by atoms with Gasteiger partial charge in [-0.3, -0.25) is 19.8 Å². The predicted molar refractivity (Wildman–Crippen MR) is 86.1 cm³/mol. The topological polar surface area (TPSA) is 92.6 Å². The maximum Gasteiger partial charge on any atom is 0.325 e. The number of carbonyl (C=O) groups excluding carboxylic acids is 2. The second-order valence-electron chi connectivity index (χ2n) is 5.61. The zero-order chi connectivity index (χ0) is 18.0. The molecule has 0 aliphatic carbocycles. The molecule has 1 aliphatic rings. The van der Waals surface area contributed by atoms with Gasteiger partial charge in [-0.25, -0.2) is 9.18 Å². The van der Waals surface area contributed by atoms with Gasteiger partial charge in [0.05, 0.1) is 17.0 Å². The van der Waals surface area contributed by atoms with Crippen molar-refractivity contribution in [2.45, 2.75) is 19.0 Å². The van der Waals surface area contributed by atoms with E-state index in [1.807, 2.05) is 30.3 Å². The molecule has 7 nitrogen and oxygen atoms in total. The van der Waals surface area contributed by atoms with Crippen molar-refractivity contribution >= 4 is 17.6 Å². The van der Waals surface area contributed by atoms with Crippen molar-refractivity contribution in [3.8, 4) is 0 Å². The zero-order valence-corrected chi connectivity index (χ0v) is 13.0. The second-order valence-corrected chi connectivity index (χ2v) is 5.61. The van der Waals surface area contributed by atoms with Gasteiger partial charge in [0.15, 0.2) is 0 Å². The summed E-state index contributed by atoms with van der Waals surface area (Å²) in [6.07, 6.45) is 0.293. The second kappa shape index (κ2) is 6.68. The Hall–Kier alpha value is -3.29. The van der Waals surface area contributed by atoms with Crippen LogP contribution in [0.1, 0.15) is 11.1 Å².